The van der Waals surface area contributed by atoms with Gasteiger partial charge in [-0.05, 0) is 6.42 Å². The molecule has 114 valence electrons. The highest BCUT2D eigenvalue weighted by Gasteiger charge is 2.30. The molecule has 1 saturated heterocycles. The molecule has 1 rings (SSSR count). The van der Waals surface area contributed by atoms with Crippen molar-refractivity contribution in [2.75, 3.05) is 13.4 Å². The number of carbonyl (C=O) groups excluding carboxylic acids is 2. The van der Waals surface area contributed by atoms with Crippen LogP contribution in [0, 0.1) is 0 Å². The van der Waals surface area contributed by atoms with Gasteiger partial charge in [0, 0.05) is 19.7 Å². The standard InChI is InChI=1S/C10H16ClN2O6P/c1-12-10(15)7(11)4-13(5-14)8-2-3-9(19-8)18-6-20(16)17/h4-5,8-9,16-17H,2-3,6H2,1H3,(H,12,15)/b7-4+. The van der Waals surface area contributed by atoms with Gasteiger partial charge in [-0.15, -0.1) is 0 Å². The van der Waals surface area contributed by atoms with Crippen LogP contribution >= 0.6 is 20.0 Å². The van der Waals surface area contributed by atoms with Crippen LogP contribution in [0.15, 0.2) is 11.2 Å². The van der Waals surface area contributed by atoms with Crippen molar-refractivity contribution in [3.05, 3.63) is 11.2 Å². The van der Waals surface area contributed by atoms with Gasteiger partial charge in [-0.1, -0.05) is 11.6 Å². The Balaban J connectivity index is 2.56. The van der Waals surface area contributed by atoms with Gasteiger partial charge in [0.2, 0.25) is 6.41 Å². The third-order valence-electron chi connectivity index (χ3n) is 2.49. The van der Waals surface area contributed by atoms with Gasteiger partial charge < -0.3 is 24.6 Å². The Morgan fingerprint density at radius 1 is 1.60 bits per heavy atom. The van der Waals surface area contributed by atoms with Gasteiger partial charge in [0.25, 0.3) is 5.91 Å². The van der Waals surface area contributed by atoms with Crippen molar-refractivity contribution in [2.45, 2.75) is 25.4 Å². The monoisotopic (exact) mass is 326 g/mol. The van der Waals surface area contributed by atoms with Crippen LogP contribution in [-0.2, 0) is 19.1 Å². The van der Waals surface area contributed by atoms with E-state index in [1.165, 1.54) is 13.2 Å². The Kier molecular flexibility index (Phi) is 7.36. The number of likely N-dealkylation sites (N-methyl/N-ethyl adjacent to an activating group) is 1. The van der Waals surface area contributed by atoms with E-state index in [1.54, 1.807) is 0 Å². The molecule has 0 aromatic carbocycles. The third kappa shape index (κ3) is 5.32. The Labute approximate surface area is 122 Å². The molecule has 2 atom stereocenters. The normalized spacial score (nSPS) is 22.9. The minimum atomic E-state index is -2.15. The van der Waals surface area contributed by atoms with Crippen LogP contribution in [0.5, 0.6) is 0 Å². The number of amides is 2. The van der Waals surface area contributed by atoms with Gasteiger partial charge >= 0.3 is 0 Å². The lowest BCUT2D eigenvalue weighted by atomic mass is 10.3. The van der Waals surface area contributed by atoms with E-state index in [-0.39, 0.29) is 11.4 Å². The smallest absolute Gasteiger partial charge is 0.264 e. The quantitative estimate of drug-likeness (QED) is 0.345. The molecule has 20 heavy (non-hydrogen) atoms. The van der Waals surface area contributed by atoms with Crippen molar-refractivity contribution in [3.8, 4) is 0 Å². The van der Waals surface area contributed by atoms with E-state index in [1.807, 2.05) is 0 Å². The fourth-order valence-corrected chi connectivity index (χ4v) is 2.08. The average Bonchev–Trinajstić information content (AvgIpc) is 2.89. The van der Waals surface area contributed by atoms with Crippen LogP contribution in [0.25, 0.3) is 0 Å². The highest BCUT2D eigenvalue weighted by Crippen LogP contribution is 2.28. The average molecular weight is 327 g/mol. The van der Waals surface area contributed by atoms with E-state index in [2.05, 4.69) is 5.32 Å². The van der Waals surface area contributed by atoms with Crippen molar-refractivity contribution in [1.29, 1.82) is 0 Å². The summed E-state index contributed by atoms with van der Waals surface area (Å²) >= 11 is 5.72. The lowest BCUT2D eigenvalue weighted by Crippen LogP contribution is -2.31. The highest BCUT2D eigenvalue weighted by molar-refractivity contribution is 7.44. The van der Waals surface area contributed by atoms with E-state index in [0.717, 1.165) is 4.90 Å². The molecular weight excluding hydrogens is 311 g/mol. The maximum Gasteiger partial charge on any atom is 0.264 e. The van der Waals surface area contributed by atoms with Crippen molar-refractivity contribution in [3.63, 3.8) is 0 Å². The number of nitrogens with zero attached hydrogens (tertiary/aromatic N) is 1. The van der Waals surface area contributed by atoms with E-state index in [0.29, 0.717) is 19.3 Å². The van der Waals surface area contributed by atoms with Gasteiger partial charge in [-0.3, -0.25) is 14.5 Å². The fourth-order valence-electron chi connectivity index (χ4n) is 1.57. The minimum absolute atomic E-state index is 0.151. The molecule has 0 aliphatic carbocycles. The summed E-state index contributed by atoms with van der Waals surface area (Å²) in [5.41, 5.74) is 0. The summed E-state index contributed by atoms with van der Waals surface area (Å²) < 4.78 is 10.5. The van der Waals surface area contributed by atoms with Crippen LogP contribution < -0.4 is 5.32 Å². The van der Waals surface area contributed by atoms with Crippen LogP contribution in [0.2, 0.25) is 0 Å². The predicted octanol–water partition coefficient (Wildman–Crippen LogP) is 0.00420. The summed E-state index contributed by atoms with van der Waals surface area (Å²) in [6.45, 7) is 0. The first-order valence-electron chi connectivity index (χ1n) is 5.72. The summed E-state index contributed by atoms with van der Waals surface area (Å²) in [5, 5.41) is 2.17. The first-order chi connectivity index (χ1) is 9.47. The molecule has 8 nitrogen and oxygen atoms in total. The summed E-state index contributed by atoms with van der Waals surface area (Å²) in [7, 11) is -0.728. The van der Waals surface area contributed by atoms with Crippen LogP contribution in [0.3, 0.4) is 0 Å². The van der Waals surface area contributed by atoms with Crippen molar-refractivity contribution >= 4 is 32.3 Å². The Morgan fingerprint density at radius 2 is 2.30 bits per heavy atom. The summed E-state index contributed by atoms with van der Waals surface area (Å²) in [5.74, 6) is -0.518. The molecule has 10 heteroatoms. The molecule has 0 saturated carbocycles. The minimum Gasteiger partial charge on any atom is -0.354 e. The third-order valence-corrected chi connectivity index (χ3v) is 3.14. The number of hydrogen-bond donors (Lipinski definition) is 3. The van der Waals surface area contributed by atoms with Gasteiger partial charge in [-0.2, -0.15) is 0 Å². The second kappa shape index (κ2) is 8.51. The van der Waals surface area contributed by atoms with E-state index in [9.17, 15) is 9.59 Å². The molecule has 0 radical (unpaired) electrons. The zero-order valence-electron chi connectivity index (χ0n) is 10.7. The molecule has 0 bridgehead atoms. The van der Waals surface area contributed by atoms with Gasteiger partial charge in [0.1, 0.15) is 17.6 Å². The van der Waals surface area contributed by atoms with Crippen LogP contribution in [-0.4, -0.2) is 52.9 Å². The van der Waals surface area contributed by atoms with E-state index in [4.69, 9.17) is 30.9 Å². The summed E-state index contributed by atoms with van der Waals surface area (Å²) in [6, 6.07) is 0. The van der Waals surface area contributed by atoms with Gasteiger partial charge in [0.15, 0.2) is 14.7 Å². The Morgan fingerprint density at radius 3 is 2.85 bits per heavy atom. The summed E-state index contributed by atoms with van der Waals surface area (Å²) in [4.78, 5) is 40.9. The number of hydrogen-bond acceptors (Lipinski definition) is 6. The van der Waals surface area contributed by atoms with Gasteiger partial charge in [0.05, 0.1) is 0 Å². The van der Waals surface area contributed by atoms with Crippen molar-refractivity contribution < 1.29 is 28.8 Å². The maximum absolute atomic E-state index is 11.2. The Hall–Kier alpha value is -0.760. The number of halogens is 1. The highest BCUT2D eigenvalue weighted by atomic mass is 35.5. The fraction of sp³-hybridized carbons (Fsp3) is 0.600. The molecule has 0 aromatic heterocycles. The number of rotatable bonds is 7. The Bertz CT molecular complexity index is 381. The second-order valence-corrected chi connectivity index (χ2v) is 5.28. The molecule has 3 N–H and O–H groups in total. The first-order valence-corrected chi connectivity index (χ1v) is 7.53. The largest absolute Gasteiger partial charge is 0.354 e. The molecule has 0 spiro atoms. The predicted molar refractivity (Wildman–Crippen MR) is 71.1 cm³/mol. The number of carbonyl (C=O) groups is 2. The molecular formula is C10H16ClN2O6P. The lowest BCUT2D eigenvalue weighted by Gasteiger charge is -2.21. The van der Waals surface area contributed by atoms with Crippen LogP contribution in [0.4, 0.5) is 0 Å². The van der Waals surface area contributed by atoms with Crippen molar-refractivity contribution in [1.82, 2.24) is 10.2 Å². The molecule has 1 fully saturated rings. The topological polar surface area (TPSA) is 108 Å². The number of nitrogens with one attached hydrogen (secondary N) is 1. The maximum atomic E-state index is 11.2. The molecule has 1 heterocycles. The summed E-state index contributed by atoms with van der Waals surface area (Å²) in [6.07, 6.45) is 1.17. The van der Waals surface area contributed by atoms with Gasteiger partial charge in [-0.25, -0.2) is 0 Å². The molecule has 2 amide bonds. The van der Waals surface area contributed by atoms with E-state index >= 15 is 0 Å². The van der Waals surface area contributed by atoms with Crippen LogP contribution in [0.1, 0.15) is 12.8 Å². The lowest BCUT2D eigenvalue weighted by molar-refractivity contribution is -0.156. The zero-order valence-corrected chi connectivity index (χ0v) is 12.4. The zero-order chi connectivity index (χ0) is 15.1. The molecule has 1 aliphatic heterocycles. The SMILES string of the molecule is CNC(=O)/C(Cl)=C\N(C=O)C1CCC(OCP(O)O)O1. The number of ether oxygens (including phenoxy) is 2. The molecule has 2 unspecified atom stereocenters. The van der Waals surface area contributed by atoms with E-state index < -0.39 is 26.8 Å². The molecule has 1 aliphatic rings. The second-order valence-electron chi connectivity index (χ2n) is 3.87. The molecule has 0 aromatic rings. The van der Waals surface area contributed by atoms with Crippen molar-refractivity contribution in [2.24, 2.45) is 0 Å². The first kappa shape index (κ1) is 17.3.